The summed E-state index contributed by atoms with van der Waals surface area (Å²) >= 11 is 0. The summed E-state index contributed by atoms with van der Waals surface area (Å²) in [7, 11) is 1.75. The molecule has 0 fully saturated rings. The van der Waals surface area contributed by atoms with Gasteiger partial charge in [-0.05, 0) is 37.1 Å². The van der Waals surface area contributed by atoms with E-state index in [1.807, 2.05) is 42.6 Å². The second-order valence-electron chi connectivity index (χ2n) is 6.50. The van der Waals surface area contributed by atoms with Gasteiger partial charge in [-0.15, -0.1) is 10.2 Å². The van der Waals surface area contributed by atoms with Crippen LogP contribution in [0.25, 0.3) is 5.65 Å². The fraction of sp³-hybridized carbons (Fsp3) is 0.350. The number of guanidine groups is 1. The first-order valence-electron chi connectivity index (χ1n) is 9.08. The van der Waals surface area contributed by atoms with Crippen LogP contribution in [0.15, 0.2) is 53.7 Å². The van der Waals surface area contributed by atoms with Crippen LogP contribution < -0.4 is 10.6 Å². The van der Waals surface area contributed by atoms with Gasteiger partial charge < -0.3 is 15.4 Å². The fourth-order valence-corrected chi connectivity index (χ4v) is 2.67. The molecular weight excluding hydrogens is 340 g/mol. The number of rotatable bonds is 7. The molecule has 0 bridgehead atoms. The fourth-order valence-electron chi connectivity index (χ4n) is 2.67. The van der Waals surface area contributed by atoms with Gasteiger partial charge in [-0.1, -0.05) is 30.3 Å². The van der Waals surface area contributed by atoms with E-state index in [9.17, 15) is 0 Å². The molecule has 2 aromatic heterocycles. The van der Waals surface area contributed by atoms with E-state index in [2.05, 4.69) is 50.1 Å². The molecule has 0 unspecified atom stereocenters. The van der Waals surface area contributed by atoms with E-state index < -0.39 is 0 Å². The van der Waals surface area contributed by atoms with E-state index in [0.717, 1.165) is 11.5 Å². The predicted molar refractivity (Wildman–Crippen MR) is 106 cm³/mol. The van der Waals surface area contributed by atoms with E-state index in [4.69, 9.17) is 4.74 Å². The highest BCUT2D eigenvalue weighted by Gasteiger charge is 2.06. The molecule has 27 heavy (non-hydrogen) atoms. The lowest BCUT2D eigenvalue weighted by Crippen LogP contribution is -2.36. The number of fused-ring (bicyclic) bond motifs is 1. The van der Waals surface area contributed by atoms with Crippen molar-refractivity contribution in [1.29, 1.82) is 0 Å². The zero-order valence-corrected chi connectivity index (χ0v) is 16.0. The monoisotopic (exact) mass is 366 g/mol. The van der Waals surface area contributed by atoms with Crippen molar-refractivity contribution in [2.45, 2.75) is 39.6 Å². The van der Waals surface area contributed by atoms with Crippen molar-refractivity contribution in [2.75, 3.05) is 7.05 Å². The Balaban J connectivity index is 1.54. The van der Waals surface area contributed by atoms with Gasteiger partial charge in [0, 0.05) is 19.8 Å². The molecule has 1 aromatic carbocycles. The number of benzene rings is 1. The Labute approximate surface area is 159 Å². The molecule has 0 saturated heterocycles. The highest BCUT2D eigenvalue weighted by Crippen LogP contribution is 2.08. The van der Waals surface area contributed by atoms with Crippen molar-refractivity contribution in [3.05, 3.63) is 65.6 Å². The molecule has 0 spiro atoms. The van der Waals surface area contributed by atoms with Crippen molar-refractivity contribution in [3.63, 3.8) is 0 Å². The molecule has 2 heterocycles. The summed E-state index contributed by atoms with van der Waals surface area (Å²) in [6.45, 7) is 5.92. The second kappa shape index (κ2) is 9.14. The Hall–Kier alpha value is -2.93. The maximum Gasteiger partial charge on any atom is 0.191 e. The van der Waals surface area contributed by atoms with E-state index in [0.29, 0.717) is 25.7 Å². The van der Waals surface area contributed by atoms with Crippen molar-refractivity contribution in [2.24, 2.45) is 4.99 Å². The summed E-state index contributed by atoms with van der Waals surface area (Å²) in [6.07, 6.45) is 2.18. The van der Waals surface area contributed by atoms with Crippen molar-refractivity contribution in [3.8, 4) is 0 Å². The first kappa shape index (κ1) is 18.8. The predicted octanol–water partition coefficient (Wildman–Crippen LogP) is 2.52. The summed E-state index contributed by atoms with van der Waals surface area (Å²) < 4.78 is 7.63. The van der Waals surface area contributed by atoms with Gasteiger partial charge in [-0.3, -0.25) is 9.39 Å². The van der Waals surface area contributed by atoms with E-state index in [1.165, 1.54) is 11.1 Å². The molecule has 2 N–H and O–H groups in total. The quantitative estimate of drug-likeness (QED) is 0.496. The van der Waals surface area contributed by atoms with Crippen LogP contribution in [-0.4, -0.2) is 33.7 Å². The van der Waals surface area contributed by atoms with Crippen LogP contribution >= 0.6 is 0 Å². The van der Waals surface area contributed by atoms with Crippen molar-refractivity contribution >= 4 is 11.6 Å². The van der Waals surface area contributed by atoms with Crippen molar-refractivity contribution < 1.29 is 4.74 Å². The number of ether oxygens (including phenoxy) is 1. The van der Waals surface area contributed by atoms with Gasteiger partial charge in [0.25, 0.3) is 0 Å². The second-order valence-corrected chi connectivity index (χ2v) is 6.50. The van der Waals surface area contributed by atoms with Crippen LogP contribution in [0.3, 0.4) is 0 Å². The lowest BCUT2D eigenvalue weighted by molar-refractivity contribution is 0.0657. The van der Waals surface area contributed by atoms with Gasteiger partial charge in [0.1, 0.15) is 0 Å². The number of nitrogens with zero attached hydrogens (tertiary/aromatic N) is 4. The normalized spacial score (nSPS) is 11.9. The zero-order chi connectivity index (χ0) is 19.1. The van der Waals surface area contributed by atoms with E-state index in [-0.39, 0.29) is 6.10 Å². The Morgan fingerprint density at radius 1 is 1.07 bits per heavy atom. The summed E-state index contributed by atoms with van der Waals surface area (Å²) in [5, 5.41) is 15.0. The molecule has 0 aliphatic rings. The largest absolute Gasteiger partial charge is 0.374 e. The molecule has 142 valence electrons. The minimum absolute atomic E-state index is 0.225. The van der Waals surface area contributed by atoms with Crippen LogP contribution in [-0.2, 0) is 24.4 Å². The molecule has 0 aliphatic carbocycles. The van der Waals surface area contributed by atoms with Crippen LogP contribution in [0, 0.1) is 0 Å². The molecular formula is C20H26N6O. The molecule has 7 nitrogen and oxygen atoms in total. The minimum Gasteiger partial charge on any atom is -0.374 e. The average molecular weight is 366 g/mol. The topological polar surface area (TPSA) is 75.8 Å². The minimum atomic E-state index is 0.225. The Morgan fingerprint density at radius 2 is 1.89 bits per heavy atom. The lowest BCUT2D eigenvalue weighted by Gasteiger charge is -2.12. The molecule has 3 aromatic rings. The maximum atomic E-state index is 5.67. The smallest absolute Gasteiger partial charge is 0.191 e. The van der Waals surface area contributed by atoms with E-state index >= 15 is 0 Å². The number of nitrogens with one attached hydrogen (secondary N) is 2. The third-order valence-corrected chi connectivity index (χ3v) is 4.06. The molecule has 0 amide bonds. The van der Waals surface area contributed by atoms with Gasteiger partial charge in [-0.2, -0.15) is 0 Å². The summed E-state index contributed by atoms with van der Waals surface area (Å²) in [6, 6.07) is 14.2. The maximum absolute atomic E-state index is 5.67. The van der Waals surface area contributed by atoms with Crippen molar-refractivity contribution in [1.82, 2.24) is 25.2 Å². The number of pyridine rings is 1. The van der Waals surface area contributed by atoms with E-state index in [1.54, 1.807) is 7.05 Å². The lowest BCUT2D eigenvalue weighted by atomic mass is 10.1. The highest BCUT2D eigenvalue weighted by atomic mass is 16.5. The number of hydrogen-bond donors (Lipinski definition) is 2. The summed E-state index contributed by atoms with van der Waals surface area (Å²) in [5.41, 5.74) is 3.18. The number of aliphatic imine (C=N–C) groups is 1. The SMILES string of the molecule is CN=C(NCc1cccc(COC(C)C)c1)NCc1nnc2ccccn12. The third kappa shape index (κ3) is 5.27. The van der Waals surface area contributed by atoms with Crippen LogP contribution in [0.5, 0.6) is 0 Å². The Morgan fingerprint density at radius 3 is 2.70 bits per heavy atom. The first-order valence-corrected chi connectivity index (χ1v) is 9.08. The summed E-state index contributed by atoms with van der Waals surface area (Å²) in [5.74, 6) is 1.55. The Kier molecular flexibility index (Phi) is 6.38. The number of hydrogen-bond acceptors (Lipinski definition) is 4. The molecule has 0 saturated carbocycles. The molecule has 0 radical (unpaired) electrons. The average Bonchev–Trinajstić information content (AvgIpc) is 3.10. The summed E-state index contributed by atoms with van der Waals surface area (Å²) in [4.78, 5) is 4.28. The number of aromatic nitrogens is 3. The van der Waals surface area contributed by atoms with Crippen LogP contribution in [0.1, 0.15) is 30.8 Å². The Bertz CT molecular complexity index is 902. The van der Waals surface area contributed by atoms with Crippen LogP contribution in [0.4, 0.5) is 0 Å². The van der Waals surface area contributed by atoms with Gasteiger partial charge in [-0.25, -0.2) is 0 Å². The molecule has 7 heteroatoms. The standard InChI is InChI=1S/C20H26N6O/c1-15(2)27-14-17-8-6-7-16(11-17)12-22-20(21-3)23-13-19-25-24-18-9-4-5-10-26(18)19/h4-11,15H,12-14H2,1-3H3,(H2,21,22,23). The molecule has 3 rings (SSSR count). The van der Waals surface area contributed by atoms with Gasteiger partial charge in [0.15, 0.2) is 17.4 Å². The highest BCUT2D eigenvalue weighted by molar-refractivity contribution is 5.79. The first-order chi connectivity index (χ1) is 13.2. The van der Waals surface area contributed by atoms with Gasteiger partial charge >= 0.3 is 0 Å². The van der Waals surface area contributed by atoms with Crippen LogP contribution in [0.2, 0.25) is 0 Å². The molecule has 0 atom stereocenters. The third-order valence-electron chi connectivity index (χ3n) is 4.06. The molecule has 0 aliphatic heterocycles. The zero-order valence-electron chi connectivity index (χ0n) is 16.0. The van der Waals surface area contributed by atoms with Gasteiger partial charge in [0.05, 0.1) is 19.3 Å². The van der Waals surface area contributed by atoms with Gasteiger partial charge in [0.2, 0.25) is 0 Å².